The summed E-state index contributed by atoms with van der Waals surface area (Å²) in [5, 5.41) is 0. The van der Waals surface area contributed by atoms with E-state index < -0.39 is 0 Å². The van der Waals surface area contributed by atoms with Crippen molar-refractivity contribution < 1.29 is 4.74 Å². The third-order valence-corrected chi connectivity index (χ3v) is 5.19. The first-order chi connectivity index (χ1) is 8.54. The summed E-state index contributed by atoms with van der Waals surface area (Å²) in [6, 6.07) is 4.57. The quantitative estimate of drug-likeness (QED) is 0.724. The van der Waals surface area contributed by atoms with Crippen molar-refractivity contribution in [2.24, 2.45) is 5.92 Å². The summed E-state index contributed by atoms with van der Waals surface area (Å²) in [6.45, 7) is 9.74. The van der Waals surface area contributed by atoms with Gasteiger partial charge in [0.2, 0.25) is 0 Å². The molecule has 3 unspecified atom stereocenters. The monoisotopic (exact) mass is 310 g/mol. The predicted molar refractivity (Wildman–Crippen MR) is 80.5 cm³/mol. The average molecular weight is 311 g/mol. The standard InChI is InChI=1S/C16H23BrO/c1-5-14-13(6-7-18-14)16(17)15-11(3)8-10(2)9-12(15)4/h8-9,13-14,16H,5-7H2,1-4H3. The zero-order valence-corrected chi connectivity index (χ0v) is 13.4. The van der Waals surface area contributed by atoms with E-state index in [2.05, 4.69) is 55.8 Å². The van der Waals surface area contributed by atoms with Crippen LogP contribution in [0.4, 0.5) is 0 Å². The number of halogens is 1. The molecule has 1 aromatic rings. The van der Waals surface area contributed by atoms with E-state index >= 15 is 0 Å². The Kier molecular flexibility index (Phi) is 4.50. The van der Waals surface area contributed by atoms with Crippen LogP contribution in [-0.4, -0.2) is 12.7 Å². The van der Waals surface area contributed by atoms with Gasteiger partial charge in [0, 0.05) is 17.4 Å². The largest absolute Gasteiger partial charge is 0.378 e. The normalized spacial score (nSPS) is 25.4. The third-order valence-electron chi connectivity index (χ3n) is 4.05. The molecule has 0 N–H and O–H groups in total. The van der Waals surface area contributed by atoms with Gasteiger partial charge in [-0.05, 0) is 50.3 Å². The minimum atomic E-state index is 0.412. The highest BCUT2D eigenvalue weighted by atomic mass is 79.9. The predicted octanol–water partition coefficient (Wildman–Crippen LogP) is 4.86. The van der Waals surface area contributed by atoms with E-state index in [9.17, 15) is 0 Å². The fourth-order valence-corrected chi connectivity index (χ4v) is 4.59. The Morgan fingerprint density at radius 3 is 2.44 bits per heavy atom. The number of ether oxygens (including phenoxy) is 1. The molecule has 0 aliphatic carbocycles. The van der Waals surface area contributed by atoms with E-state index in [1.807, 2.05) is 0 Å². The van der Waals surface area contributed by atoms with Gasteiger partial charge in [0.1, 0.15) is 0 Å². The number of benzene rings is 1. The maximum atomic E-state index is 5.83. The first-order valence-corrected chi connectivity index (χ1v) is 7.79. The average Bonchev–Trinajstić information content (AvgIpc) is 2.75. The molecule has 0 amide bonds. The SMILES string of the molecule is CCC1OCCC1C(Br)c1c(C)cc(C)cc1C. The summed E-state index contributed by atoms with van der Waals surface area (Å²) in [6.07, 6.45) is 2.69. The third kappa shape index (κ3) is 2.65. The minimum Gasteiger partial charge on any atom is -0.378 e. The lowest BCUT2D eigenvalue weighted by Gasteiger charge is -2.25. The second kappa shape index (κ2) is 5.75. The van der Waals surface area contributed by atoms with Crippen LogP contribution in [0.5, 0.6) is 0 Å². The maximum absolute atomic E-state index is 5.83. The van der Waals surface area contributed by atoms with Gasteiger partial charge in [0.25, 0.3) is 0 Å². The molecule has 0 saturated carbocycles. The Hall–Kier alpha value is -0.340. The molecule has 1 aromatic carbocycles. The molecule has 0 radical (unpaired) electrons. The van der Waals surface area contributed by atoms with E-state index in [-0.39, 0.29) is 0 Å². The van der Waals surface area contributed by atoms with Crippen molar-refractivity contribution >= 4 is 15.9 Å². The first kappa shape index (κ1) is 14.1. The molecule has 2 rings (SSSR count). The Morgan fingerprint density at radius 2 is 1.89 bits per heavy atom. The summed E-state index contributed by atoms with van der Waals surface area (Å²) in [4.78, 5) is 0.422. The summed E-state index contributed by atoms with van der Waals surface area (Å²) >= 11 is 3.94. The van der Waals surface area contributed by atoms with Crippen molar-refractivity contribution in [2.45, 2.75) is 51.5 Å². The maximum Gasteiger partial charge on any atom is 0.0615 e. The molecule has 0 spiro atoms. The Labute approximate surface area is 119 Å². The van der Waals surface area contributed by atoms with E-state index in [0.717, 1.165) is 13.0 Å². The molecule has 2 heteroatoms. The van der Waals surface area contributed by atoms with E-state index in [4.69, 9.17) is 4.74 Å². The topological polar surface area (TPSA) is 9.23 Å². The van der Waals surface area contributed by atoms with Crippen LogP contribution in [0.3, 0.4) is 0 Å². The van der Waals surface area contributed by atoms with Crippen LogP contribution < -0.4 is 0 Å². The second-order valence-corrected chi connectivity index (χ2v) is 6.47. The Bertz CT molecular complexity index is 404. The van der Waals surface area contributed by atoms with Crippen LogP contribution >= 0.6 is 15.9 Å². The number of aryl methyl sites for hydroxylation is 3. The summed E-state index contributed by atoms with van der Waals surface area (Å²) < 4.78 is 5.83. The Balaban J connectivity index is 2.31. The number of hydrogen-bond donors (Lipinski definition) is 0. The molecular formula is C16H23BrO. The van der Waals surface area contributed by atoms with Crippen molar-refractivity contribution in [3.63, 3.8) is 0 Å². The van der Waals surface area contributed by atoms with Crippen LogP contribution in [0.25, 0.3) is 0 Å². The van der Waals surface area contributed by atoms with Crippen LogP contribution in [0.15, 0.2) is 12.1 Å². The molecule has 3 atom stereocenters. The van der Waals surface area contributed by atoms with Crippen molar-refractivity contribution in [1.82, 2.24) is 0 Å². The summed E-state index contributed by atoms with van der Waals surface area (Å²) in [7, 11) is 0. The van der Waals surface area contributed by atoms with Gasteiger partial charge in [0.05, 0.1) is 6.10 Å². The van der Waals surface area contributed by atoms with E-state index in [1.165, 1.54) is 28.7 Å². The molecule has 18 heavy (non-hydrogen) atoms. The molecular weight excluding hydrogens is 288 g/mol. The first-order valence-electron chi connectivity index (χ1n) is 6.88. The smallest absolute Gasteiger partial charge is 0.0615 e. The zero-order valence-electron chi connectivity index (χ0n) is 11.8. The number of hydrogen-bond acceptors (Lipinski definition) is 1. The van der Waals surface area contributed by atoms with Crippen molar-refractivity contribution in [1.29, 1.82) is 0 Å². The Morgan fingerprint density at radius 1 is 1.28 bits per heavy atom. The molecule has 1 aliphatic heterocycles. The van der Waals surface area contributed by atoms with Gasteiger partial charge in [-0.15, -0.1) is 0 Å². The van der Waals surface area contributed by atoms with Crippen LogP contribution in [0.2, 0.25) is 0 Å². The van der Waals surface area contributed by atoms with E-state index in [0.29, 0.717) is 16.8 Å². The highest BCUT2D eigenvalue weighted by Crippen LogP contribution is 2.42. The number of alkyl halides is 1. The van der Waals surface area contributed by atoms with Gasteiger partial charge < -0.3 is 4.74 Å². The molecule has 0 aromatic heterocycles. The summed E-state index contributed by atoms with van der Waals surface area (Å²) in [5.41, 5.74) is 5.62. The minimum absolute atomic E-state index is 0.412. The second-order valence-electron chi connectivity index (χ2n) is 5.48. The van der Waals surface area contributed by atoms with Crippen LogP contribution in [0.1, 0.15) is 46.8 Å². The zero-order chi connectivity index (χ0) is 13.3. The lowest BCUT2D eigenvalue weighted by molar-refractivity contribution is 0.0872. The molecule has 0 bridgehead atoms. The van der Waals surface area contributed by atoms with E-state index in [1.54, 1.807) is 0 Å². The molecule has 1 saturated heterocycles. The van der Waals surface area contributed by atoms with Crippen molar-refractivity contribution in [2.75, 3.05) is 6.61 Å². The molecule has 100 valence electrons. The van der Waals surface area contributed by atoms with Gasteiger partial charge in [-0.2, -0.15) is 0 Å². The fraction of sp³-hybridized carbons (Fsp3) is 0.625. The van der Waals surface area contributed by atoms with Gasteiger partial charge in [-0.25, -0.2) is 0 Å². The lowest BCUT2D eigenvalue weighted by Crippen LogP contribution is -2.20. The van der Waals surface area contributed by atoms with Gasteiger partial charge in [-0.3, -0.25) is 0 Å². The van der Waals surface area contributed by atoms with Gasteiger partial charge in [-0.1, -0.05) is 40.5 Å². The highest BCUT2D eigenvalue weighted by molar-refractivity contribution is 9.09. The molecule has 1 aliphatic rings. The van der Waals surface area contributed by atoms with Crippen LogP contribution in [0, 0.1) is 26.7 Å². The van der Waals surface area contributed by atoms with Crippen molar-refractivity contribution in [3.05, 3.63) is 34.4 Å². The van der Waals surface area contributed by atoms with Crippen LogP contribution in [-0.2, 0) is 4.74 Å². The molecule has 1 fully saturated rings. The molecule has 1 heterocycles. The van der Waals surface area contributed by atoms with Crippen molar-refractivity contribution in [3.8, 4) is 0 Å². The molecule has 1 nitrogen and oxygen atoms in total. The highest BCUT2D eigenvalue weighted by Gasteiger charge is 2.34. The lowest BCUT2D eigenvalue weighted by atomic mass is 9.87. The summed E-state index contributed by atoms with van der Waals surface area (Å²) in [5.74, 6) is 0.607. The van der Waals surface area contributed by atoms with Gasteiger partial charge in [0.15, 0.2) is 0 Å². The number of rotatable bonds is 3. The fourth-order valence-electron chi connectivity index (χ4n) is 3.26. The van der Waals surface area contributed by atoms with Gasteiger partial charge >= 0.3 is 0 Å².